The van der Waals surface area contributed by atoms with Crippen LogP contribution in [0.25, 0.3) is 5.73 Å². The topological polar surface area (TPSA) is 116 Å². The summed E-state index contributed by atoms with van der Waals surface area (Å²) in [5.41, 5.74) is 6.51. The molecule has 0 aliphatic carbocycles. The minimum Gasteiger partial charge on any atom is -0.670 e. The molecule has 0 aliphatic heterocycles. The maximum absolute atomic E-state index is 10.2. The Labute approximate surface area is 122 Å². The third-order valence-corrected chi connectivity index (χ3v) is 0.548. The van der Waals surface area contributed by atoms with E-state index in [1.807, 2.05) is 0 Å². The first kappa shape index (κ1) is 29.2. The van der Waals surface area contributed by atoms with Crippen LogP contribution in [-0.2, 0) is 70.2 Å². The van der Waals surface area contributed by atoms with E-state index < -0.39 is 0 Å². The van der Waals surface area contributed by atoms with Crippen molar-refractivity contribution in [2.24, 2.45) is 0 Å². The van der Waals surface area contributed by atoms with Crippen molar-refractivity contribution in [3.63, 3.8) is 0 Å². The van der Waals surface area contributed by atoms with Gasteiger partial charge in [-0.3, -0.25) is 4.79 Å². The number of amides is 1. The van der Waals surface area contributed by atoms with E-state index in [9.17, 15) is 4.79 Å². The van der Waals surface area contributed by atoms with Crippen molar-refractivity contribution in [2.45, 2.75) is 0 Å². The van der Waals surface area contributed by atoms with Gasteiger partial charge in [-0.05, 0) is 0 Å². The fourth-order valence-electron chi connectivity index (χ4n) is 0.212. The van der Waals surface area contributed by atoms with Crippen LogP contribution in [0.1, 0.15) is 0 Å². The van der Waals surface area contributed by atoms with Crippen molar-refractivity contribution in [3.05, 3.63) is 5.73 Å². The van der Waals surface area contributed by atoms with Crippen LogP contribution >= 0.6 is 0 Å². The van der Waals surface area contributed by atoms with Gasteiger partial charge in [-0.2, -0.15) is 0 Å². The zero-order valence-electron chi connectivity index (χ0n) is 6.55. The summed E-state index contributed by atoms with van der Waals surface area (Å²) in [4.78, 5) is 10.2. The summed E-state index contributed by atoms with van der Waals surface area (Å²) >= 11 is 0. The summed E-state index contributed by atoms with van der Waals surface area (Å²) in [6.45, 7) is -0.0284. The van der Waals surface area contributed by atoms with Crippen LogP contribution < -0.4 is 5.32 Å². The number of carbonyl (C=O) groups excluding carboxylic acids is 1. The summed E-state index contributed by atoms with van der Waals surface area (Å²) < 4.78 is 0. The van der Waals surface area contributed by atoms with E-state index in [4.69, 9.17) is 12.2 Å². The van der Waals surface area contributed by atoms with E-state index in [-0.39, 0.29) is 95.4 Å². The number of terminal acetylenes is 1. The van der Waals surface area contributed by atoms with Gasteiger partial charge < -0.3 is 22.0 Å². The molecule has 12 heavy (non-hydrogen) atoms. The largest absolute Gasteiger partial charge is 0.670 e. The van der Waals surface area contributed by atoms with Gasteiger partial charge in [0, 0.05) is 65.4 Å². The second kappa shape index (κ2) is 22.7. The van der Waals surface area contributed by atoms with Gasteiger partial charge in [0.15, 0.2) is 5.91 Å². The van der Waals surface area contributed by atoms with Gasteiger partial charge in [-0.15, -0.1) is 6.42 Å². The van der Waals surface area contributed by atoms with E-state index in [0.29, 0.717) is 0 Å². The smallest absolute Gasteiger partial charge is 0.199 e. The molecule has 6 N–H and O–H groups in total. The van der Waals surface area contributed by atoms with E-state index in [0.717, 1.165) is 0 Å². The number of rotatable bonds is 2. The normalized spacial score (nSPS) is 5.00. The van der Waals surface area contributed by atoms with Gasteiger partial charge in [0.05, 0.1) is 6.54 Å². The predicted molar refractivity (Wildman–Crippen MR) is 38.3 cm³/mol. The predicted octanol–water partition coefficient (Wildman–Crippen LogP) is -1.87. The Morgan fingerprint density at radius 1 is 1.42 bits per heavy atom. The molecule has 0 aliphatic rings. The number of carbonyl (C=O) groups is 1. The van der Waals surface area contributed by atoms with Crippen LogP contribution in [0.3, 0.4) is 0 Å². The number of hydrogen-bond donors (Lipinski definition) is 1. The average molecular weight is 325 g/mol. The molecule has 0 fully saturated rings. The third kappa shape index (κ3) is 22.5. The Morgan fingerprint density at radius 3 is 2.08 bits per heavy atom. The van der Waals surface area contributed by atoms with E-state index in [2.05, 4.69) is 11.2 Å². The molecular weight excluding hydrogens is 314 g/mol. The van der Waals surface area contributed by atoms with Gasteiger partial charge in [0.25, 0.3) is 0 Å². The monoisotopic (exact) mass is 325 g/mol. The second-order valence-electron chi connectivity index (χ2n) is 1.16. The Balaban J connectivity index is -0.0000000408. The number of hydrogen-bond acceptors (Lipinski definition) is 1. The third-order valence-electron chi connectivity index (χ3n) is 0.548. The maximum atomic E-state index is 10.2. The fraction of sp³-hybridized carbons (Fsp3) is 0.400. The van der Waals surface area contributed by atoms with Gasteiger partial charge >= 0.3 is 0 Å². The van der Waals surface area contributed by atoms with Crippen molar-refractivity contribution >= 4 is 5.91 Å². The van der Waals surface area contributed by atoms with Gasteiger partial charge in [0.1, 0.15) is 0 Å². The van der Waals surface area contributed by atoms with Gasteiger partial charge in [-0.25, -0.2) is 0 Å². The summed E-state index contributed by atoms with van der Waals surface area (Å²) in [5, 5.41) is 2.32. The number of nitrogens with one attached hydrogen (secondary N) is 2. The van der Waals surface area contributed by atoms with Crippen molar-refractivity contribution < 1.29 is 81.2 Å². The van der Waals surface area contributed by atoms with E-state index in [1.54, 1.807) is 0 Å². The van der Waals surface area contributed by atoms with Gasteiger partial charge in [-0.1, -0.05) is 12.5 Å². The molecule has 2 radical (unpaired) electrons. The molecule has 0 saturated heterocycles. The molecule has 0 spiro atoms. The van der Waals surface area contributed by atoms with Crippen LogP contribution in [0, 0.1) is 12.3 Å². The Hall–Kier alpha value is 1.12. The molecule has 0 atom stereocenters. The fourth-order valence-corrected chi connectivity index (χ4v) is 0.212. The first-order valence-electron chi connectivity index (χ1n) is 2.16. The summed E-state index contributed by atoms with van der Waals surface area (Å²) in [5.74, 6) is 1.89. The van der Waals surface area contributed by atoms with Crippen molar-refractivity contribution in [1.29, 1.82) is 0 Å². The van der Waals surface area contributed by atoms with E-state index in [1.165, 1.54) is 0 Å². The molecule has 0 heterocycles. The molecule has 1 amide bonds. The average Bonchev–Trinajstić information content (AvgIpc) is 1.83. The quantitative estimate of drug-likeness (QED) is 0.589. The first-order valence-corrected chi connectivity index (χ1v) is 2.16. The Kier molecular flexibility index (Phi) is 55.4. The van der Waals surface area contributed by atoms with E-state index >= 15 is 0 Å². The van der Waals surface area contributed by atoms with Crippen molar-refractivity contribution in [3.8, 4) is 12.3 Å². The molecule has 66 valence electrons. The molecule has 0 saturated carbocycles. The molecular formula is C5H11N2O3Y2-. The van der Waals surface area contributed by atoms with Crippen LogP contribution in [-0.4, -0.2) is 29.9 Å². The SMILES string of the molecule is C#CCNC(=O)C[NH-].O.O.[Y].[Y]. The molecule has 0 aromatic rings. The molecule has 0 bridgehead atoms. The van der Waals surface area contributed by atoms with Crippen LogP contribution in [0.4, 0.5) is 0 Å². The molecule has 5 nitrogen and oxygen atoms in total. The molecule has 0 rings (SSSR count). The Morgan fingerprint density at radius 2 is 1.83 bits per heavy atom. The van der Waals surface area contributed by atoms with Crippen LogP contribution in [0.15, 0.2) is 0 Å². The van der Waals surface area contributed by atoms with Gasteiger partial charge in [0.2, 0.25) is 0 Å². The first-order chi connectivity index (χ1) is 3.81. The minimum atomic E-state index is -0.331. The zero-order chi connectivity index (χ0) is 6.41. The molecule has 0 aromatic carbocycles. The summed E-state index contributed by atoms with van der Waals surface area (Å²) in [6, 6.07) is 0. The van der Waals surface area contributed by atoms with Crippen molar-refractivity contribution in [1.82, 2.24) is 5.32 Å². The molecule has 0 aromatic heterocycles. The Bertz CT molecular complexity index is 126. The zero-order valence-corrected chi connectivity index (χ0v) is 12.2. The van der Waals surface area contributed by atoms with Crippen molar-refractivity contribution in [2.75, 3.05) is 13.1 Å². The molecule has 0 unspecified atom stereocenters. The van der Waals surface area contributed by atoms with Crippen LogP contribution in [0.5, 0.6) is 0 Å². The molecule has 7 heteroatoms. The van der Waals surface area contributed by atoms with Crippen LogP contribution in [0.2, 0.25) is 0 Å². The summed E-state index contributed by atoms with van der Waals surface area (Å²) in [6.07, 6.45) is 4.81. The maximum Gasteiger partial charge on any atom is 0.199 e. The summed E-state index contributed by atoms with van der Waals surface area (Å²) in [7, 11) is 0. The standard InChI is InChI=1S/C5H7N2O.2H2O.2Y/c1-2-3-7-5(8)4-6;;;;/h1,6H,3-4H2,(H,7,8);2*1H2;;/q-1;;;;. The minimum absolute atomic E-state index is 0. The second-order valence-corrected chi connectivity index (χ2v) is 1.16.